The van der Waals surface area contributed by atoms with Crippen LogP contribution in [0.15, 0.2) is 18.6 Å². The zero-order valence-corrected chi connectivity index (χ0v) is 11.9. The number of nitrogens with one attached hydrogen (secondary N) is 1. The molecule has 2 aromatic rings. The average Bonchev–Trinajstić information content (AvgIpc) is 2.97. The third-order valence-electron chi connectivity index (χ3n) is 3.55. The van der Waals surface area contributed by atoms with E-state index >= 15 is 0 Å². The Morgan fingerprint density at radius 2 is 2.33 bits per heavy atom. The van der Waals surface area contributed by atoms with Crippen LogP contribution in [0.3, 0.4) is 0 Å². The molecule has 0 bridgehead atoms. The highest BCUT2D eigenvalue weighted by atomic mass is 16.1. The highest BCUT2D eigenvalue weighted by Crippen LogP contribution is 2.27. The molecule has 3 rings (SSSR count). The lowest BCUT2D eigenvalue weighted by Crippen LogP contribution is -2.21. The maximum absolute atomic E-state index is 10.6. The quantitative estimate of drug-likeness (QED) is 0.857. The first kappa shape index (κ1) is 13.4. The van der Waals surface area contributed by atoms with E-state index in [2.05, 4.69) is 38.4 Å². The summed E-state index contributed by atoms with van der Waals surface area (Å²) >= 11 is 0. The number of allylic oxidation sites excluding steroid dienone is 1. The van der Waals surface area contributed by atoms with Gasteiger partial charge in [0, 0.05) is 5.92 Å². The van der Waals surface area contributed by atoms with E-state index < -0.39 is 0 Å². The summed E-state index contributed by atoms with van der Waals surface area (Å²) in [5.74, 6) is 1.56. The number of amides is 1. The zero-order valence-electron chi connectivity index (χ0n) is 11.9. The van der Waals surface area contributed by atoms with Crippen LogP contribution in [0.2, 0.25) is 0 Å². The summed E-state index contributed by atoms with van der Waals surface area (Å²) in [5.41, 5.74) is 1.87. The van der Waals surface area contributed by atoms with Crippen molar-refractivity contribution in [2.75, 3.05) is 0 Å². The molecule has 2 unspecified atom stereocenters. The first-order valence-corrected chi connectivity index (χ1v) is 6.84. The van der Waals surface area contributed by atoms with Gasteiger partial charge in [0.05, 0.1) is 23.6 Å². The van der Waals surface area contributed by atoms with E-state index in [1.807, 2.05) is 13.0 Å². The minimum absolute atomic E-state index is 0.250. The molecule has 0 spiro atoms. The second-order valence-electron chi connectivity index (χ2n) is 5.07. The van der Waals surface area contributed by atoms with Gasteiger partial charge in [0.15, 0.2) is 11.6 Å². The second-order valence-corrected chi connectivity index (χ2v) is 5.07. The van der Waals surface area contributed by atoms with E-state index in [0.29, 0.717) is 24.0 Å². The lowest BCUT2D eigenvalue weighted by atomic mass is 9.96. The van der Waals surface area contributed by atoms with Crippen LogP contribution in [-0.2, 0) is 4.79 Å². The van der Waals surface area contributed by atoms with Crippen LogP contribution in [0.1, 0.15) is 49.4 Å². The fraction of sp³-hybridized carbons (Fsp3) is 0.357. The molecule has 2 aromatic heterocycles. The average molecular weight is 284 g/mol. The van der Waals surface area contributed by atoms with Gasteiger partial charge in [-0.3, -0.25) is 9.78 Å². The Bertz CT molecular complexity index is 693. The minimum atomic E-state index is -0.250. The summed E-state index contributed by atoms with van der Waals surface area (Å²) in [6.07, 6.45) is 8.83. The summed E-state index contributed by atoms with van der Waals surface area (Å²) in [6.45, 7) is 3.96. The molecular weight excluding hydrogens is 268 g/mol. The Kier molecular flexibility index (Phi) is 3.47. The zero-order chi connectivity index (χ0) is 14.8. The summed E-state index contributed by atoms with van der Waals surface area (Å²) < 4.78 is 1.61. The van der Waals surface area contributed by atoms with E-state index in [9.17, 15) is 4.79 Å². The number of carbonyl (C=O) groups excluding carboxylic acids is 1. The molecule has 7 heteroatoms. The first-order chi connectivity index (χ1) is 10.2. The number of carbonyl (C=O) groups is 1. The SMILES string of the molecule is CC1CC=Cc2ncc(-n3ncnc3C(C)NC=O)nc21. The van der Waals surface area contributed by atoms with E-state index in [1.165, 1.54) is 6.33 Å². The van der Waals surface area contributed by atoms with Gasteiger partial charge in [0.1, 0.15) is 6.33 Å². The first-order valence-electron chi connectivity index (χ1n) is 6.84. The molecule has 1 aliphatic rings. The number of hydrogen-bond acceptors (Lipinski definition) is 5. The molecule has 0 aromatic carbocycles. The van der Waals surface area contributed by atoms with Gasteiger partial charge < -0.3 is 5.32 Å². The Morgan fingerprint density at radius 3 is 3.14 bits per heavy atom. The van der Waals surface area contributed by atoms with Crippen LogP contribution in [0.5, 0.6) is 0 Å². The minimum Gasteiger partial charge on any atom is -0.349 e. The number of rotatable bonds is 4. The third-order valence-corrected chi connectivity index (χ3v) is 3.55. The molecule has 1 aliphatic carbocycles. The van der Waals surface area contributed by atoms with Crippen molar-refractivity contribution in [3.05, 3.63) is 35.8 Å². The predicted octanol–water partition coefficient (Wildman–Crippen LogP) is 1.38. The second kappa shape index (κ2) is 5.43. The molecule has 0 fully saturated rings. The van der Waals surface area contributed by atoms with Crippen molar-refractivity contribution in [3.8, 4) is 5.82 Å². The molecule has 0 saturated carbocycles. The smallest absolute Gasteiger partial charge is 0.207 e. The molecule has 2 heterocycles. The lowest BCUT2D eigenvalue weighted by molar-refractivity contribution is -0.110. The van der Waals surface area contributed by atoms with Gasteiger partial charge in [-0.15, -0.1) is 0 Å². The lowest BCUT2D eigenvalue weighted by Gasteiger charge is -2.17. The monoisotopic (exact) mass is 284 g/mol. The van der Waals surface area contributed by atoms with Gasteiger partial charge in [-0.05, 0) is 19.4 Å². The molecule has 0 aliphatic heterocycles. The maximum atomic E-state index is 10.6. The summed E-state index contributed by atoms with van der Waals surface area (Å²) in [6, 6.07) is -0.250. The Labute approximate surface area is 122 Å². The van der Waals surface area contributed by atoms with Crippen molar-refractivity contribution in [1.29, 1.82) is 0 Å². The molecule has 1 N–H and O–H groups in total. The predicted molar refractivity (Wildman–Crippen MR) is 76.6 cm³/mol. The van der Waals surface area contributed by atoms with Crippen molar-refractivity contribution in [2.24, 2.45) is 0 Å². The molecule has 0 radical (unpaired) electrons. The number of hydrogen-bond donors (Lipinski definition) is 1. The highest BCUT2D eigenvalue weighted by molar-refractivity contribution is 5.52. The molecule has 2 atom stereocenters. The number of fused-ring (bicyclic) bond motifs is 1. The molecule has 0 saturated heterocycles. The Balaban J connectivity index is 2.02. The van der Waals surface area contributed by atoms with Crippen LogP contribution in [0.4, 0.5) is 0 Å². The van der Waals surface area contributed by atoms with Gasteiger partial charge in [0.2, 0.25) is 6.41 Å². The van der Waals surface area contributed by atoms with E-state index in [1.54, 1.807) is 10.9 Å². The van der Waals surface area contributed by atoms with Gasteiger partial charge in [-0.25, -0.2) is 9.97 Å². The Hall–Kier alpha value is -2.57. The number of aromatic nitrogens is 5. The summed E-state index contributed by atoms with van der Waals surface area (Å²) in [7, 11) is 0. The Morgan fingerprint density at radius 1 is 1.48 bits per heavy atom. The molecule has 108 valence electrons. The largest absolute Gasteiger partial charge is 0.349 e. The van der Waals surface area contributed by atoms with E-state index in [-0.39, 0.29) is 6.04 Å². The van der Waals surface area contributed by atoms with Crippen molar-refractivity contribution >= 4 is 12.5 Å². The maximum Gasteiger partial charge on any atom is 0.207 e. The van der Waals surface area contributed by atoms with Crippen molar-refractivity contribution in [1.82, 2.24) is 30.0 Å². The van der Waals surface area contributed by atoms with Crippen molar-refractivity contribution in [3.63, 3.8) is 0 Å². The van der Waals surface area contributed by atoms with Crippen molar-refractivity contribution in [2.45, 2.75) is 32.2 Å². The summed E-state index contributed by atoms with van der Waals surface area (Å²) in [4.78, 5) is 23.9. The van der Waals surface area contributed by atoms with Crippen LogP contribution >= 0.6 is 0 Å². The third kappa shape index (κ3) is 2.42. The van der Waals surface area contributed by atoms with Crippen LogP contribution in [0, 0.1) is 0 Å². The van der Waals surface area contributed by atoms with E-state index in [4.69, 9.17) is 0 Å². The highest BCUT2D eigenvalue weighted by Gasteiger charge is 2.19. The standard InChI is InChI=1S/C14H16N6O/c1-9-4-3-5-11-13(9)19-12(6-15-11)20-14(16-7-18-20)10(2)17-8-21/h3,5-10H,4H2,1-2H3,(H,17,21). The fourth-order valence-electron chi connectivity index (χ4n) is 2.39. The molecular formula is C14H16N6O. The van der Waals surface area contributed by atoms with Crippen LogP contribution in [-0.4, -0.2) is 31.1 Å². The van der Waals surface area contributed by atoms with Crippen LogP contribution < -0.4 is 5.32 Å². The van der Waals surface area contributed by atoms with Gasteiger partial charge >= 0.3 is 0 Å². The van der Waals surface area contributed by atoms with Gasteiger partial charge in [-0.1, -0.05) is 13.0 Å². The molecule has 1 amide bonds. The number of nitrogens with zero attached hydrogens (tertiary/aromatic N) is 5. The normalized spacial score (nSPS) is 18.1. The van der Waals surface area contributed by atoms with Gasteiger partial charge in [-0.2, -0.15) is 9.78 Å². The molecule has 21 heavy (non-hydrogen) atoms. The van der Waals surface area contributed by atoms with Crippen molar-refractivity contribution < 1.29 is 4.79 Å². The van der Waals surface area contributed by atoms with Gasteiger partial charge in [0.25, 0.3) is 0 Å². The summed E-state index contributed by atoms with van der Waals surface area (Å²) in [5, 5.41) is 6.86. The topological polar surface area (TPSA) is 85.6 Å². The fourth-order valence-corrected chi connectivity index (χ4v) is 2.39. The molecule has 7 nitrogen and oxygen atoms in total. The van der Waals surface area contributed by atoms with Crippen LogP contribution in [0.25, 0.3) is 11.9 Å². The van der Waals surface area contributed by atoms with E-state index in [0.717, 1.165) is 17.8 Å².